The topological polar surface area (TPSA) is 81.7 Å². The standard InChI is InChI=1S/C16H26N6O2S/c1-2-20-7-9-21(10-8-20)16-18-4-3-15(19-16)22-6-5-17-13-11-25(23,24)12-14(13)22/h3-4,13-14,17H,2,5-12H2,1H3/t13-,14+/m0/s1. The molecule has 8 nitrogen and oxygen atoms in total. The van der Waals surface area contributed by atoms with Crippen LogP contribution in [0.2, 0.25) is 0 Å². The van der Waals surface area contributed by atoms with E-state index in [0.717, 1.165) is 57.6 Å². The molecule has 4 heterocycles. The van der Waals surface area contributed by atoms with Crippen molar-refractivity contribution in [3.8, 4) is 0 Å². The summed E-state index contributed by atoms with van der Waals surface area (Å²) in [6.07, 6.45) is 1.80. The van der Waals surface area contributed by atoms with E-state index in [4.69, 9.17) is 4.98 Å². The lowest BCUT2D eigenvalue weighted by molar-refractivity contribution is 0.270. The second-order valence-corrected chi connectivity index (χ2v) is 9.19. The zero-order valence-electron chi connectivity index (χ0n) is 14.6. The first kappa shape index (κ1) is 17.0. The van der Waals surface area contributed by atoms with E-state index in [0.29, 0.717) is 0 Å². The third-order valence-corrected chi connectivity index (χ3v) is 7.22. The Morgan fingerprint density at radius 3 is 2.76 bits per heavy atom. The van der Waals surface area contributed by atoms with Crippen LogP contribution in [0.25, 0.3) is 0 Å². The highest BCUT2D eigenvalue weighted by Gasteiger charge is 2.43. The molecule has 1 N–H and O–H groups in total. The Morgan fingerprint density at radius 1 is 1.20 bits per heavy atom. The molecule has 1 aromatic rings. The fourth-order valence-electron chi connectivity index (χ4n) is 4.07. The summed E-state index contributed by atoms with van der Waals surface area (Å²) < 4.78 is 24.1. The number of sulfone groups is 1. The van der Waals surface area contributed by atoms with Crippen molar-refractivity contribution < 1.29 is 8.42 Å². The summed E-state index contributed by atoms with van der Waals surface area (Å²) in [6, 6.07) is 1.88. The molecule has 1 aromatic heterocycles. The largest absolute Gasteiger partial charge is 0.350 e. The fraction of sp³-hybridized carbons (Fsp3) is 0.750. The number of nitrogens with zero attached hydrogens (tertiary/aromatic N) is 5. The maximum absolute atomic E-state index is 12.0. The van der Waals surface area contributed by atoms with Crippen molar-refractivity contribution in [1.29, 1.82) is 0 Å². The Hall–Kier alpha value is -1.45. The van der Waals surface area contributed by atoms with Gasteiger partial charge in [-0.05, 0) is 12.6 Å². The Morgan fingerprint density at radius 2 is 2.00 bits per heavy atom. The average Bonchev–Trinajstić information content (AvgIpc) is 2.95. The van der Waals surface area contributed by atoms with Crippen LogP contribution in [-0.2, 0) is 9.84 Å². The number of piperazine rings is 2. The zero-order valence-corrected chi connectivity index (χ0v) is 15.5. The van der Waals surface area contributed by atoms with E-state index in [2.05, 4.69) is 31.9 Å². The van der Waals surface area contributed by atoms with Gasteiger partial charge in [0, 0.05) is 51.5 Å². The molecule has 0 aromatic carbocycles. The van der Waals surface area contributed by atoms with Gasteiger partial charge in [-0.25, -0.2) is 13.4 Å². The summed E-state index contributed by atoms with van der Waals surface area (Å²) in [4.78, 5) is 16.0. The summed E-state index contributed by atoms with van der Waals surface area (Å²) in [7, 11) is -2.97. The zero-order chi connectivity index (χ0) is 17.4. The summed E-state index contributed by atoms with van der Waals surface area (Å²) in [6.45, 7) is 8.73. The molecular formula is C16H26N6O2S. The first-order valence-electron chi connectivity index (χ1n) is 9.06. The van der Waals surface area contributed by atoms with Gasteiger partial charge in [-0.3, -0.25) is 0 Å². The lowest BCUT2D eigenvalue weighted by Crippen LogP contribution is -2.57. The van der Waals surface area contributed by atoms with E-state index in [1.807, 2.05) is 6.07 Å². The van der Waals surface area contributed by atoms with Crippen molar-refractivity contribution in [2.75, 3.05) is 67.1 Å². The third-order valence-electron chi connectivity index (χ3n) is 5.51. The summed E-state index contributed by atoms with van der Waals surface area (Å²) in [5.74, 6) is 2.03. The van der Waals surface area contributed by atoms with E-state index >= 15 is 0 Å². The molecule has 0 aliphatic carbocycles. The van der Waals surface area contributed by atoms with Crippen LogP contribution < -0.4 is 15.1 Å². The van der Waals surface area contributed by atoms with Gasteiger partial charge >= 0.3 is 0 Å². The van der Waals surface area contributed by atoms with Crippen molar-refractivity contribution in [3.05, 3.63) is 12.3 Å². The van der Waals surface area contributed by atoms with Crippen LogP contribution >= 0.6 is 0 Å². The third kappa shape index (κ3) is 3.45. The fourth-order valence-corrected chi connectivity index (χ4v) is 6.02. The van der Waals surface area contributed by atoms with Crippen molar-refractivity contribution in [2.45, 2.75) is 19.0 Å². The normalized spacial score (nSPS) is 29.6. The van der Waals surface area contributed by atoms with E-state index in [9.17, 15) is 8.42 Å². The van der Waals surface area contributed by atoms with Crippen molar-refractivity contribution in [1.82, 2.24) is 20.2 Å². The highest BCUT2D eigenvalue weighted by atomic mass is 32.2. The van der Waals surface area contributed by atoms with Crippen LogP contribution in [0.4, 0.5) is 11.8 Å². The second-order valence-electron chi connectivity index (χ2n) is 7.03. The maximum atomic E-state index is 12.0. The molecule has 3 saturated heterocycles. The van der Waals surface area contributed by atoms with E-state index in [1.165, 1.54) is 0 Å². The van der Waals surface area contributed by atoms with Gasteiger partial charge in [-0.15, -0.1) is 0 Å². The maximum Gasteiger partial charge on any atom is 0.227 e. The van der Waals surface area contributed by atoms with Gasteiger partial charge in [0.05, 0.1) is 17.5 Å². The summed E-state index contributed by atoms with van der Waals surface area (Å²) in [5, 5.41) is 3.35. The molecule has 0 spiro atoms. The molecule has 3 aliphatic heterocycles. The van der Waals surface area contributed by atoms with Gasteiger partial charge in [0.2, 0.25) is 5.95 Å². The number of hydrogen-bond acceptors (Lipinski definition) is 8. The average molecular weight is 366 g/mol. The molecule has 25 heavy (non-hydrogen) atoms. The summed E-state index contributed by atoms with van der Waals surface area (Å²) >= 11 is 0. The molecule has 3 fully saturated rings. The number of nitrogens with one attached hydrogen (secondary N) is 1. The van der Waals surface area contributed by atoms with E-state index < -0.39 is 9.84 Å². The molecule has 2 atom stereocenters. The van der Waals surface area contributed by atoms with Crippen LogP contribution in [0.5, 0.6) is 0 Å². The second kappa shape index (κ2) is 6.69. The van der Waals surface area contributed by atoms with Gasteiger partial charge in [-0.1, -0.05) is 6.92 Å². The summed E-state index contributed by atoms with van der Waals surface area (Å²) in [5.41, 5.74) is 0. The van der Waals surface area contributed by atoms with Gasteiger partial charge in [0.15, 0.2) is 9.84 Å². The molecule has 0 radical (unpaired) electrons. The van der Waals surface area contributed by atoms with Crippen LogP contribution in [0, 0.1) is 0 Å². The SMILES string of the molecule is CCN1CCN(c2nccc(N3CCN[C@H]4CS(=O)(=O)C[C@H]43)n2)CC1. The molecule has 0 bridgehead atoms. The van der Waals surface area contributed by atoms with Gasteiger partial charge < -0.3 is 20.0 Å². The number of fused-ring (bicyclic) bond motifs is 1. The van der Waals surface area contributed by atoms with Crippen LogP contribution in [0.15, 0.2) is 12.3 Å². The van der Waals surface area contributed by atoms with Crippen molar-refractivity contribution >= 4 is 21.6 Å². The molecule has 0 amide bonds. The smallest absolute Gasteiger partial charge is 0.227 e. The predicted molar refractivity (Wildman–Crippen MR) is 97.9 cm³/mol. The minimum atomic E-state index is -2.97. The van der Waals surface area contributed by atoms with Crippen LogP contribution in [0.3, 0.4) is 0 Å². The van der Waals surface area contributed by atoms with Crippen molar-refractivity contribution in [2.24, 2.45) is 0 Å². The quantitative estimate of drug-likeness (QED) is 0.744. The molecule has 4 rings (SSSR count). The Balaban J connectivity index is 1.53. The molecule has 138 valence electrons. The molecule has 0 unspecified atom stereocenters. The van der Waals surface area contributed by atoms with Crippen LogP contribution in [-0.4, -0.2) is 92.7 Å². The first-order chi connectivity index (χ1) is 12.1. The van der Waals surface area contributed by atoms with Crippen LogP contribution in [0.1, 0.15) is 6.92 Å². The van der Waals surface area contributed by atoms with Gasteiger partial charge in [0.1, 0.15) is 5.82 Å². The number of hydrogen-bond donors (Lipinski definition) is 1. The number of anilines is 2. The highest BCUT2D eigenvalue weighted by molar-refractivity contribution is 7.91. The minimum absolute atomic E-state index is 0.00487. The highest BCUT2D eigenvalue weighted by Crippen LogP contribution is 2.26. The predicted octanol–water partition coefficient (Wildman–Crippen LogP) is -0.806. The minimum Gasteiger partial charge on any atom is -0.350 e. The van der Waals surface area contributed by atoms with Gasteiger partial charge in [0.25, 0.3) is 0 Å². The molecule has 0 saturated carbocycles. The lowest BCUT2D eigenvalue weighted by Gasteiger charge is -2.39. The Labute approximate surface area is 149 Å². The molecule has 9 heteroatoms. The molecule has 3 aliphatic rings. The number of rotatable bonds is 3. The van der Waals surface area contributed by atoms with E-state index in [1.54, 1.807) is 6.20 Å². The Kier molecular flexibility index (Phi) is 4.55. The lowest BCUT2D eigenvalue weighted by atomic mass is 10.1. The molecular weight excluding hydrogens is 340 g/mol. The first-order valence-corrected chi connectivity index (χ1v) is 10.9. The van der Waals surface area contributed by atoms with Crippen molar-refractivity contribution in [3.63, 3.8) is 0 Å². The Bertz CT molecular complexity index is 719. The number of aromatic nitrogens is 2. The number of likely N-dealkylation sites (N-methyl/N-ethyl adjacent to an activating group) is 1. The van der Waals surface area contributed by atoms with Gasteiger partial charge in [-0.2, -0.15) is 4.98 Å². The van der Waals surface area contributed by atoms with E-state index in [-0.39, 0.29) is 23.6 Å². The monoisotopic (exact) mass is 366 g/mol.